The van der Waals surface area contributed by atoms with Gasteiger partial charge < -0.3 is 14.6 Å². The third-order valence-electron chi connectivity index (χ3n) is 6.54. The van der Waals surface area contributed by atoms with Crippen molar-refractivity contribution in [2.45, 2.75) is 50.6 Å². The molecule has 0 radical (unpaired) electrons. The number of hydrogen-bond acceptors (Lipinski definition) is 5. The summed E-state index contributed by atoms with van der Waals surface area (Å²) in [6.45, 7) is 5.10. The first kappa shape index (κ1) is 19.7. The van der Waals surface area contributed by atoms with Crippen LogP contribution in [0.5, 0.6) is 11.5 Å². The Kier molecular flexibility index (Phi) is 6.55. The smallest absolute Gasteiger partial charge is 0.168 e. The maximum absolute atomic E-state index is 9.61. The van der Waals surface area contributed by atoms with Gasteiger partial charge >= 0.3 is 0 Å². The lowest BCUT2D eigenvalue weighted by atomic mass is 9.91. The molecule has 1 saturated carbocycles. The Balaban J connectivity index is 1.41. The highest BCUT2D eigenvalue weighted by atomic mass is 16.5. The summed E-state index contributed by atoms with van der Waals surface area (Å²) in [6, 6.07) is 7.25. The summed E-state index contributed by atoms with van der Waals surface area (Å²) in [5.41, 5.74) is 2.42. The summed E-state index contributed by atoms with van der Waals surface area (Å²) in [7, 11) is 1.69. The van der Waals surface area contributed by atoms with Crippen molar-refractivity contribution in [1.29, 1.82) is 0 Å². The molecular formula is C23H34N2O3. The Morgan fingerprint density at radius 2 is 2.04 bits per heavy atom. The molecule has 0 aromatic heterocycles. The number of aliphatic hydroxyl groups excluding tert-OH is 1. The van der Waals surface area contributed by atoms with E-state index in [1.807, 2.05) is 12.1 Å². The van der Waals surface area contributed by atoms with Crippen molar-refractivity contribution in [2.75, 3.05) is 46.5 Å². The number of hydrogen-bond donors (Lipinski definition) is 1. The van der Waals surface area contributed by atoms with E-state index < -0.39 is 0 Å². The van der Waals surface area contributed by atoms with E-state index in [4.69, 9.17) is 9.47 Å². The van der Waals surface area contributed by atoms with Gasteiger partial charge in [0.25, 0.3) is 0 Å². The maximum atomic E-state index is 9.61. The number of benzene rings is 1. The fourth-order valence-electron chi connectivity index (χ4n) is 5.14. The number of ether oxygens (including phenoxy) is 2. The second-order valence-corrected chi connectivity index (χ2v) is 8.40. The number of methoxy groups -OCH3 is 1. The lowest BCUT2D eigenvalue weighted by Crippen LogP contribution is -2.57. The Hall–Kier alpha value is -1.56. The number of piperazine rings is 1. The zero-order valence-corrected chi connectivity index (χ0v) is 17.1. The van der Waals surface area contributed by atoms with E-state index in [9.17, 15) is 5.11 Å². The van der Waals surface area contributed by atoms with Crippen LogP contribution in [0.3, 0.4) is 0 Å². The fraction of sp³-hybridized carbons (Fsp3) is 0.652. The van der Waals surface area contributed by atoms with Gasteiger partial charge in [0.1, 0.15) is 6.61 Å². The zero-order chi connectivity index (χ0) is 19.3. The molecule has 0 bridgehead atoms. The molecule has 1 aromatic rings. The Morgan fingerprint density at radius 1 is 1.18 bits per heavy atom. The monoisotopic (exact) mass is 386 g/mol. The number of para-hydroxylation sites is 1. The van der Waals surface area contributed by atoms with E-state index in [0.717, 1.165) is 55.7 Å². The largest absolute Gasteiger partial charge is 0.493 e. The minimum atomic E-state index is 0.278. The van der Waals surface area contributed by atoms with Crippen molar-refractivity contribution >= 4 is 6.08 Å². The molecule has 4 rings (SSSR count). The van der Waals surface area contributed by atoms with Gasteiger partial charge in [-0.2, -0.15) is 0 Å². The van der Waals surface area contributed by atoms with Crippen LogP contribution in [0.2, 0.25) is 0 Å². The summed E-state index contributed by atoms with van der Waals surface area (Å²) >= 11 is 0. The minimum Gasteiger partial charge on any atom is -0.493 e. The van der Waals surface area contributed by atoms with Crippen LogP contribution < -0.4 is 9.47 Å². The Morgan fingerprint density at radius 3 is 2.82 bits per heavy atom. The highest BCUT2D eigenvalue weighted by molar-refractivity contribution is 5.66. The summed E-state index contributed by atoms with van der Waals surface area (Å²) in [4.78, 5) is 5.25. The van der Waals surface area contributed by atoms with Crippen LogP contribution >= 0.6 is 0 Å². The maximum Gasteiger partial charge on any atom is 0.168 e. The van der Waals surface area contributed by atoms with Crippen molar-refractivity contribution in [3.63, 3.8) is 0 Å². The van der Waals surface area contributed by atoms with E-state index in [2.05, 4.69) is 21.9 Å². The van der Waals surface area contributed by atoms with Crippen LogP contribution in [-0.2, 0) is 0 Å². The summed E-state index contributed by atoms with van der Waals surface area (Å²) in [5, 5.41) is 9.61. The van der Waals surface area contributed by atoms with Crippen molar-refractivity contribution in [3.8, 4) is 11.5 Å². The first-order chi connectivity index (χ1) is 13.8. The molecule has 1 saturated heterocycles. The molecule has 0 unspecified atom stereocenters. The third-order valence-corrected chi connectivity index (χ3v) is 6.54. The van der Waals surface area contributed by atoms with Crippen molar-refractivity contribution in [1.82, 2.24) is 9.80 Å². The van der Waals surface area contributed by atoms with E-state index >= 15 is 0 Å². The number of aliphatic hydroxyl groups is 1. The van der Waals surface area contributed by atoms with E-state index in [1.165, 1.54) is 37.7 Å². The van der Waals surface area contributed by atoms with Crippen LogP contribution in [-0.4, -0.2) is 73.5 Å². The molecule has 0 amide bonds. The second kappa shape index (κ2) is 9.29. The van der Waals surface area contributed by atoms with Crippen LogP contribution in [0.1, 0.15) is 44.1 Å². The van der Waals surface area contributed by atoms with E-state index in [0.29, 0.717) is 12.6 Å². The SMILES string of the molecule is COc1cccc2c1OCC(CN1CCN(C3CCCCC3)[C@@H](CCO)C1)=C2. The highest BCUT2D eigenvalue weighted by Crippen LogP contribution is 2.36. The Bertz CT molecular complexity index is 684. The normalized spacial score (nSPS) is 24.4. The zero-order valence-electron chi connectivity index (χ0n) is 17.1. The summed E-state index contributed by atoms with van der Waals surface area (Å²) in [5.74, 6) is 1.66. The van der Waals surface area contributed by atoms with Crippen molar-refractivity contribution in [3.05, 3.63) is 29.3 Å². The van der Waals surface area contributed by atoms with Gasteiger partial charge in [0.05, 0.1) is 7.11 Å². The Labute approximate surface area is 168 Å². The van der Waals surface area contributed by atoms with Crippen LogP contribution in [0.15, 0.2) is 23.8 Å². The van der Waals surface area contributed by atoms with Crippen LogP contribution in [0.25, 0.3) is 6.08 Å². The third kappa shape index (κ3) is 4.37. The van der Waals surface area contributed by atoms with Gasteiger partial charge in [0, 0.05) is 50.4 Å². The average molecular weight is 387 g/mol. The number of rotatable bonds is 6. The van der Waals surface area contributed by atoms with E-state index in [-0.39, 0.29) is 6.61 Å². The molecule has 1 aromatic carbocycles. The van der Waals surface area contributed by atoms with Crippen molar-refractivity contribution < 1.29 is 14.6 Å². The van der Waals surface area contributed by atoms with Gasteiger partial charge in [0.2, 0.25) is 0 Å². The average Bonchev–Trinajstić information content (AvgIpc) is 2.74. The molecule has 154 valence electrons. The van der Waals surface area contributed by atoms with Gasteiger partial charge in [-0.3, -0.25) is 9.80 Å². The van der Waals surface area contributed by atoms with E-state index in [1.54, 1.807) is 7.11 Å². The molecule has 2 heterocycles. The topological polar surface area (TPSA) is 45.2 Å². The molecule has 2 aliphatic heterocycles. The quantitative estimate of drug-likeness (QED) is 0.814. The molecule has 0 spiro atoms. The lowest BCUT2D eigenvalue weighted by molar-refractivity contribution is 0.0192. The van der Waals surface area contributed by atoms with Gasteiger partial charge in [-0.1, -0.05) is 31.4 Å². The lowest BCUT2D eigenvalue weighted by Gasteiger charge is -2.46. The molecule has 3 aliphatic rings. The first-order valence-electron chi connectivity index (χ1n) is 10.9. The predicted octanol–water partition coefficient (Wildman–Crippen LogP) is 3.17. The van der Waals surface area contributed by atoms with Crippen LogP contribution in [0, 0.1) is 0 Å². The van der Waals surface area contributed by atoms with Gasteiger partial charge in [-0.15, -0.1) is 0 Å². The number of nitrogens with zero attached hydrogens (tertiary/aromatic N) is 2. The fourth-order valence-corrected chi connectivity index (χ4v) is 5.14. The van der Waals surface area contributed by atoms with Gasteiger partial charge in [-0.05, 0) is 37.0 Å². The summed E-state index contributed by atoms with van der Waals surface area (Å²) in [6.07, 6.45) is 9.92. The molecule has 5 nitrogen and oxygen atoms in total. The molecule has 28 heavy (non-hydrogen) atoms. The predicted molar refractivity (Wildman–Crippen MR) is 112 cm³/mol. The number of fused-ring (bicyclic) bond motifs is 1. The molecule has 2 fully saturated rings. The summed E-state index contributed by atoms with van der Waals surface area (Å²) < 4.78 is 11.4. The van der Waals surface area contributed by atoms with Gasteiger partial charge in [-0.25, -0.2) is 0 Å². The van der Waals surface area contributed by atoms with Crippen LogP contribution in [0.4, 0.5) is 0 Å². The minimum absolute atomic E-state index is 0.278. The molecule has 5 heteroatoms. The molecule has 1 N–H and O–H groups in total. The second-order valence-electron chi connectivity index (χ2n) is 8.40. The standard InChI is InChI=1S/C23H34N2O3/c1-27-22-9-5-6-19-14-18(17-28-23(19)22)15-24-11-12-25(21(16-24)10-13-26)20-7-3-2-4-8-20/h5-6,9,14,20-21,26H,2-4,7-8,10-13,15-17H2,1H3/t21-/m0/s1. The van der Waals surface area contributed by atoms with Crippen molar-refractivity contribution in [2.24, 2.45) is 0 Å². The molecular weight excluding hydrogens is 352 g/mol. The highest BCUT2D eigenvalue weighted by Gasteiger charge is 2.32. The molecule has 1 atom stereocenters. The van der Waals surface area contributed by atoms with Gasteiger partial charge in [0.15, 0.2) is 11.5 Å². The molecule has 1 aliphatic carbocycles. The first-order valence-corrected chi connectivity index (χ1v) is 10.9.